The van der Waals surface area contributed by atoms with Crippen LogP contribution in [-0.2, 0) is 5.41 Å². The Hall–Kier alpha value is -0.700. The number of hydrogen-bond acceptors (Lipinski definition) is 0. The summed E-state index contributed by atoms with van der Waals surface area (Å²) < 4.78 is 38.7. The molecule has 0 bridgehead atoms. The lowest BCUT2D eigenvalue weighted by molar-refractivity contribution is 0.0920. The molecule has 0 saturated heterocycles. The smallest absolute Gasteiger partial charge is 0.207 e. The van der Waals surface area contributed by atoms with Gasteiger partial charge in [0, 0.05) is 11.4 Å². The minimum absolute atomic E-state index is 0.0738. The molecule has 1 atom stereocenters. The summed E-state index contributed by atoms with van der Waals surface area (Å²) >= 11 is 5.71. The van der Waals surface area contributed by atoms with E-state index in [2.05, 4.69) is 0 Å². The third-order valence-electron chi connectivity index (χ3n) is 2.78. The first-order chi connectivity index (χ1) is 6.37. The molecular formula is C10H8ClF3. The number of rotatable bonds is 1. The van der Waals surface area contributed by atoms with E-state index in [1.165, 1.54) is 13.0 Å². The highest BCUT2D eigenvalue weighted by molar-refractivity contribution is 6.31. The molecule has 0 N–H and O–H groups in total. The van der Waals surface area contributed by atoms with Crippen LogP contribution in [0.1, 0.15) is 18.9 Å². The normalized spacial score (nSPS) is 28.9. The largest absolute Gasteiger partial charge is 0.258 e. The lowest BCUT2D eigenvalue weighted by Crippen LogP contribution is -2.12. The van der Waals surface area contributed by atoms with Gasteiger partial charge >= 0.3 is 0 Å². The Morgan fingerprint density at radius 1 is 1.36 bits per heavy atom. The molecule has 0 aliphatic heterocycles. The van der Waals surface area contributed by atoms with Crippen LogP contribution in [-0.4, -0.2) is 5.92 Å². The molecule has 1 aliphatic rings. The van der Waals surface area contributed by atoms with Crippen molar-refractivity contribution < 1.29 is 13.2 Å². The van der Waals surface area contributed by atoms with Crippen molar-refractivity contribution in [1.82, 2.24) is 0 Å². The number of benzene rings is 1. The Morgan fingerprint density at radius 3 is 2.36 bits per heavy atom. The van der Waals surface area contributed by atoms with E-state index in [-0.39, 0.29) is 11.4 Å². The maximum atomic E-state index is 13.0. The van der Waals surface area contributed by atoms with Gasteiger partial charge in [-0.25, -0.2) is 13.2 Å². The maximum Gasteiger partial charge on any atom is 0.258 e. The first-order valence-electron chi connectivity index (χ1n) is 4.20. The Labute approximate surface area is 84.7 Å². The van der Waals surface area contributed by atoms with Gasteiger partial charge < -0.3 is 0 Å². The number of alkyl halides is 2. The monoisotopic (exact) mass is 220 g/mol. The van der Waals surface area contributed by atoms with E-state index in [9.17, 15) is 13.2 Å². The van der Waals surface area contributed by atoms with Crippen LogP contribution in [0, 0.1) is 5.82 Å². The van der Waals surface area contributed by atoms with Crippen LogP contribution in [0.2, 0.25) is 5.02 Å². The zero-order chi connectivity index (χ0) is 10.6. The molecule has 0 nitrogen and oxygen atoms in total. The fraction of sp³-hybridized carbons (Fsp3) is 0.400. The van der Waals surface area contributed by atoms with Crippen molar-refractivity contribution in [3.05, 3.63) is 34.6 Å². The predicted octanol–water partition coefficient (Wildman–Crippen LogP) is 3.78. The Bertz CT molecular complexity index is 389. The van der Waals surface area contributed by atoms with E-state index >= 15 is 0 Å². The van der Waals surface area contributed by atoms with Gasteiger partial charge in [0.05, 0.1) is 5.41 Å². The van der Waals surface area contributed by atoms with E-state index in [1.54, 1.807) is 0 Å². The maximum absolute atomic E-state index is 13.0. The van der Waals surface area contributed by atoms with Crippen LogP contribution in [0.3, 0.4) is 0 Å². The lowest BCUT2D eigenvalue weighted by atomic mass is 9.97. The zero-order valence-corrected chi connectivity index (χ0v) is 8.21. The van der Waals surface area contributed by atoms with Gasteiger partial charge in [0.15, 0.2) is 0 Å². The van der Waals surface area contributed by atoms with Gasteiger partial charge in [0.25, 0.3) is 5.92 Å². The average Bonchev–Trinajstić information content (AvgIpc) is 2.50. The Morgan fingerprint density at radius 2 is 1.93 bits per heavy atom. The molecule has 4 heteroatoms. The summed E-state index contributed by atoms with van der Waals surface area (Å²) in [5, 5.41) is 0.0738. The molecule has 76 valence electrons. The molecule has 2 rings (SSSR count). The van der Waals surface area contributed by atoms with Crippen molar-refractivity contribution >= 4 is 11.6 Å². The molecule has 0 amide bonds. The van der Waals surface area contributed by atoms with E-state index in [0.29, 0.717) is 5.56 Å². The van der Waals surface area contributed by atoms with Crippen LogP contribution >= 0.6 is 11.6 Å². The van der Waals surface area contributed by atoms with Crippen molar-refractivity contribution in [2.24, 2.45) is 0 Å². The number of hydrogen-bond donors (Lipinski definition) is 0. The molecule has 0 aromatic heterocycles. The van der Waals surface area contributed by atoms with Gasteiger partial charge in [0.1, 0.15) is 5.82 Å². The summed E-state index contributed by atoms with van der Waals surface area (Å²) in [5.74, 6) is -3.22. The van der Waals surface area contributed by atoms with Gasteiger partial charge in [-0.1, -0.05) is 17.7 Å². The van der Waals surface area contributed by atoms with Crippen LogP contribution < -0.4 is 0 Å². The molecule has 0 radical (unpaired) electrons. The molecular weight excluding hydrogens is 213 g/mol. The molecule has 1 unspecified atom stereocenters. The molecule has 1 aromatic carbocycles. The lowest BCUT2D eigenvalue weighted by Gasteiger charge is -2.12. The summed E-state index contributed by atoms with van der Waals surface area (Å²) in [5.41, 5.74) is -0.886. The van der Waals surface area contributed by atoms with Crippen molar-refractivity contribution in [2.75, 3.05) is 0 Å². The highest BCUT2D eigenvalue weighted by atomic mass is 35.5. The zero-order valence-electron chi connectivity index (χ0n) is 7.45. The second kappa shape index (κ2) is 2.66. The summed E-state index contributed by atoms with van der Waals surface area (Å²) in [6.45, 7) is 1.44. The number of halogens is 4. The van der Waals surface area contributed by atoms with Gasteiger partial charge in [-0.2, -0.15) is 0 Å². The van der Waals surface area contributed by atoms with Crippen molar-refractivity contribution in [1.29, 1.82) is 0 Å². The minimum Gasteiger partial charge on any atom is -0.207 e. The summed E-state index contributed by atoms with van der Waals surface area (Å²) in [6, 6.07) is 3.55. The predicted molar refractivity (Wildman–Crippen MR) is 48.3 cm³/mol. The van der Waals surface area contributed by atoms with Gasteiger partial charge in [0.2, 0.25) is 0 Å². The molecule has 1 saturated carbocycles. The Balaban J connectivity index is 2.45. The average molecular weight is 221 g/mol. The first kappa shape index (κ1) is 9.84. The van der Waals surface area contributed by atoms with Crippen molar-refractivity contribution in [3.63, 3.8) is 0 Å². The van der Waals surface area contributed by atoms with Crippen molar-refractivity contribution in [2.45, 2.75) is 24.7 Å². The summed E-state index contributed by atoms with van der Waals surface area (Å²) in [7, 11) is 0. The highest BCUT2D eigenvalue weighted by Crippen LogP contribution is 2.62. The van der Waals surface area contributed by atoms with E-state index in [1.807, 2.05) is 0 Å². The topological polar surface area (TPSA) is 0 Å². The molecule has 14 heavy (non-hydrogen) atoms. The van der Waals surface area contributed by atoms with Gasteiger partial charge in [-0.15, -0.1) is 0 Å². The standard InChI is InChI=1S/C10H8ClF3/c1-9(5-10(9,13)14)7-3-2-6(12)4-8(7)11/h2-4H,5H2,1H3. The summed E-state index contributed by atoms with van der Waals surface area (Å²) in [4.78, 5) is 0. The fourth-order valence-electron chi connectivity index (χ4n) is 1.63. The van der Waals surface area contributed by atoms with E-state index in [4.69, 9.17) is 11.6 Å². The van der Waals surface area contributed by atoms with Crippen LogP contribution in [0.15, 0.2) is 18.2 Å². The molecule has 0 spiro atoms. The SMILES string of the molecule is CC1(c2ccc(F)cc2Cl)CC1(F)F. The quantitative estimate of drug-likeness (QED) is 0.676. The summed E-state index contributed by atoms with van der Waals surface area (Å²) in [6.07, 6.45) is -0.217. The Kier molecular flexibility index (Phi) is 1.87. The van der Waals surface area contributed by atoms with Gasteiger partial charge in [-0.05, 0) is 24.6 Å². The van der Waals surface area contributed by atoms with Crippen LogP contribution in [0.4, 0.5) is 13.2 Å². The second-order valence-corrected chi connectivity index (χ2v) is 4.24. The van der Waals surface area contributed by atoms with Gasteiger partial charge in [-0.3, -0.25) is 0 Å². The van der Waals surface area contributed by atoms with Crippen LogP contribution in [0.25, 0.3) is 0 Å². The third kappa shape index (κ3) is 1.22. The van der Waals surface area contributed by atoms with E-state index in [0.717, 1.165) is 12.1 Å². The fourth-order valence-corrected chi connectivity index (χ4v) is 2.00. The molecule has 1 aromatic rings. The highest BCUT2D eigenvalue weighted by Gasteiger charge is 2.69. The molecule has 0 heterocycles. The molecule has 1 fully saturated rings. The van der Waals surface area contributed by atoms with Crippen molar-refractivity contribution in [3.8, 4) is 0 Å². The third-order valence-corrected chi connectivity index (χ3v) is 3.10. The van der Waals surface area contributed by atoms with Crippen LogP contribution in [0.5, 0.6) is 0 Å². The minimum atomic E-state index is -2.71. The second-order valence-electron chi connectivity index (χ2n) is 3.84. The first-order valence-corrected chi connectivity index (χ1v) is 4.58. The van der Waals surface area contributed by atoms with E-state index < -0.39 is 17.2 Å². The molecule has 1 aliphatic carbocycles.